The maximum Gasteiger partial charge on any atom is 0.211 e. The van der Waals surface area contributed by atoms with Crippen molar-refractivity contribution in [3.63, 3.8) is 0 Å². The van der Waals surface area contributed by atoms with Gasteiger partial charge in [0.1, 0.15) is 0 Å². The van der Waals surface area contributed by atoms with Gasteiger partial charge in [0.2, 0.25) is 10.0 Å². The summed E-state index contributed by atoms with van der Waals surface area (Å²) < 4.78 is 26.2. The number of hydrogen-bond donors (Lipinski definition) is 2. The van der Waals surface area contributed by atoms with Crippen LogP contribution >= 0.6 is 11.3 Å². The van der Waals surface area contributed by atoms with Crippen molar-refractivity contribution in [2.24, 2.45) is 0 Å². The molecule has 20 heavy (non-hydrogen) atoms. The lowest BCUT2D eigenvalue weighted by atomic mass is 10.3. The lowest BCUT2D eigenvalue weighted by Crippen LogP contribution is -2.29. The summed E-state index contributed by atoms with van der Waals surface area (Å²) in [6.07, 6.45) is 4.84. The molecule has 0 spiro atoms. The van der Waals surface area contributed by atoms with Crippen molar-refractivity contribution in [1.82, 2.24) is 15.0 Å². The van der Waals surface area contributed by atoms with Gasteiger partial charge in [-0.15, -0.1) is 11.3 Å². The molecule has 1 saturated carbocycles. The Morgan fingerprint density at radius 2 is 2.15 bits per heavy atom. The fourth-order valence-corrected chi connectivity index (χ4v) is 3.73. The standard InChI is InChI=1S/C13H23N3O2S2/c1-11-16-13(10-19-11)6-8-15-20(17,18)9-3-2-7-14-12-4-5-12/h10,12,14-15H,2-9H2,1H3. The minimum absolute atomic E-state index is 0.218. The van der Waals surface area contributed by atoms with E-state index in [1.54, 1.807) is 11.3 Å². The first kappa shape index (κ1) is 15.9. The third kappa shape index (κ3) is 6.30. The molecule has 1 aliphatic carbocycles. The molecule has 7 heteroatoms. The second-order valence-electron chi connectivity index (χ2n) is 5.26. The Morgan fingerprint density at radius 1 is 1.35 bits per heavy atom. The average Bonchev–Trinajstić information content (AvgIpc) is 3.11. The quantitative estimate of drug-likeness (QED) is 0.641. The Morgan fingerprint density at radius 3 is 2.80 bits per heavy atom. The van der Waals surface area contributed by atoms with Crippen LogP contribution < -0.4 is 10.0 Å². The molecule has 2 N–H and O–H groups in total. The van der Waals surface area contributed by atoms with Gasteiger partial charge in [-0.3, -0.25) is 0 Å². The van der Waals surface area contributed by atoms with E-state index in [1.165, 1.54) is 12.8 Å². The fraction of sp³-hybridized carbons (Fsp3) is 0.769. The zero-order chi connectivity index (χ0) is 14.4. The number of sulfonamides is 1. The number of rotatable bonds is 10. The highest BCUT2D eigenvalue weighted by Gasteiger charge is 2.19. The SMILES string of the molecule is Cc1nc(CCNS(=O)(=O)CCCCNC2CC2)cs1. The number of nitrogens with zero attached hydrogens (tertiary/aromatic N) is 1. The Labute approximate surface area is 125 Å². The summed E-state index contributed by atoms with van der Waals surface area (Å²) in [7, 11) is -3.13. The molecule has 1 aliphatic rings. The van der Waals surface area contributed by atoms with Gasteiger partial charge in [0, 0.05) is 24.4 Å². The lowest BCUT2D eigenvalue weighted by Gasteiger charge is -2.06. The van der Waals surface area contributed by atoms with Crippen LogP contribution in [0.4, 0.5) is 0 Å². The predicted molar refractivity (Wildman–Crippen MR) is 82.6 cm³/mol. The number of thiazole rings is 1. The minimum atomic E-state index is -3.13. The normalized spacial score (nSPS) is 15.7. The predicted octanol–water partition coefficient (Wildman–Crippen LogP) is 1.45. The van der Waals surface area contributed by atoms with E-state index in [4.69, 9.17) is 0 Å². The monoisotopic (exact) mass is 317 g/mol. The molecule has 1 aromatic rings. The van der Waals surface area contributed by atoms with Crippen molar-refractivity contribution in [3.05, 3.63) is 16.1 Å². The molecular weight excluding hydrogens is 294 g/mol. The maximum atomic E-state index is 11.8. The molecule has 114 valence electrons. The molecule has 0 aromatic carbocycles. The third-order valence-corrected chi connectivity index (χ3v) is 5.51. The largest absolute Gasteiger partial charge is 0.314 e. The zero-order valence-corrected chi connectivity index (χ0v) is 13.5. The molecular formula is C13H23N3O2S2. The van der Waals surface area contributed by atoms with Crippen molar-refractivity contribution in [2.45, 2.75) is 45.1 Å². The van der Waals surface area contributed by atoms with E-state index < -0.39 is 10.0 Å². The molecule has 1 fully saturated rings. The zero-order valence-electron chi connectivity index (χ0n) is 11.9. The molecule has 0 saturated heterocycles. The van der Waals surface area contributed by atoms with Crippen LogP contribution in [-0.2, 0) is 16.4 Å². The molecule has 0 unspecified atom stereocenters. The Kier molecular flexibility index (Phi) is 5.95. The van der Waals surface area contributed by atoms with Crippen molar-refractivity contribution in [3.8, 4) is 0 Å². The minimum Gasteiger partial charge on any atom is -0.314 e. The molecule has 0 atom stereocenters. The van der Waals surface area contributed by atoms with Gasteiger partial charge in [-0.2, -0.15) is 0 Å². The van der Waals surface area contributed by atoms with Gasteiger partial charge in [-0.05, 0) is 39.2 Å². The molecule has 0 aliphatic heterocycles. The number of hydrogen-bond acceptors (Lipinski definition) is 5. The summed E-state index contributed by atoms with van der Waals surface area (Å²) in [5.74, 6) is 0.218. The number of aryl methyl sites for hydroxylation is 1. The molecule has 2 rings (SSSR count). The first-order valence-corrected chi connectivity index (χ1v) is 9.70. The van der Waals surface area contributed by atoms with Crippen molar-refractivity contribution < 1.29 is 8.42 Å². The molecule has 0 amide bonds. The topological polar surface area (TPSA) is 71.1 Å². The first-order valence-electron chi connectivity index (χ1n) is 7.17. The highest BCUT2D eigenvalue weighted by molar-refractivity contribution is 7.89. The van der Waals surface area contributed by atoms with Crippen LogP contribution in [-0.4, -0.2) is 38.3 Å². The van der Waals surface area contributed by atoms with Gasteiger partial charge in [0.05, 0.1) is 16.5 Å². The van der Waals surface area contributed by atoms with Gasteiger partial charge in [-0.1, -0.05) is 0 Å². The Hall–Kier alpha value is -0.500. The first-order chi connectivity index (χ1) is 9.55. The van der Waals surface area contributed by atoms with E-state index in [-0.39, 0.29) is 5.75 Å². The van der Waals surface area contributed by atoms with Gasteiger partial charge < -0.3 is 5.32 Å². The van der Waals surface area contributed by atoms with Gasteiger partial charge in [-0.25, -0.2) is 18.1 Å². The van der Waals surface area contributed by atoms with Crippen LogP contribution in [0, 0.1) is 6.92 Å². The Balaban J connectivity index is 1.55. The maximum absolute atomic E-state index is 11.8. The summed E-state index contributed by atoms with van der Waals surface area (Å²) in [5, 5.41) is 6.39. The van der Waals surface area contributed by atoms with E-state index in [2.05, 4.69) is 15.0 Å². The second kappa shape index (κ2) is 7.49. The number of aromatic nitrogens is 1. The highest BCUT2D eigenvalue weighted by atomic mass is 32.2. The second-order valence-corrected chi connectivity index (χ2v) is 8.25. The Bertz CT molecular complexity index is 509. The summed E-state index contributed by atoms with van der Waals surface area (Å²) in [6, 6.07) is 0.700. The molecule has 0 radical (unpaired) electrons. The van der Waals surface area contributed by atoms with E-state index in [0.717, 1.165) is 23.7 Å². The molecule has 5 nitrogen and oxygen atoms in total. The van der Waals surface area contributed by atoms with Crippen LogP contribution in [0.3, 0.4) is 0 Å². The molecule has 0 bridgehead atoms. The van der Waals surface area contributed by atoms with Crippen LogP contribution in [0.25, 0.3) is 0 Å². The molecule has 1 aromatic heterocycles. The highest BCUT2D eigenvalue weighted by Crippen LogP contribution is 2.18. The van der Waals surface area contributed by atoms with Crippen LogP contribution in [0.2, 0.25) is 0 Å². The summed E-state index contributed by atoms with van der Waals surface area (Å²) in [5.41, 5.74) is 0.962. The van der Waals surface area contributed by atoms with E-state index >= 15 is 0 Å². The number of unbranched alkanes of at least 4 members (excludes halogenated alkanes) is 1. The van der Waals surface area contributed by atoms with E-state index in [9.17, 15) is 8.42 Å². The van der Waals surface area contributed by atoms with Gasteiger partial charge >= 0.3 is 0 Å². The van der Waals surface area contributed by atoms with E-state index in [0.29, 0.717) is 25.4 Å². The van der Waals surface area contributed by atoms with Gasteiger partial charge in [0.25, 0.3) is 0 Å². The van der Waals surface area contributed by atoms with Crippen molar-refractivity contribution in [1.29, 1.82) is 0 Å². The molecule has 1 heterocycles. The fourth-order valence-electron chi connectivity index (χ4n) is 1.94. The summed E-state index contributed by atoms with van der Waals surface area (Å²) >= 11 is 1.59. The van der Waals surface area contributed by atoms with E-state index in [1.807, 2.05) is 12.3 Å². The lowest BCUT2D eigenvalue weighted by molar-refractivity contribution is 0.573. The average molecular weight is 317 g/mol. The third-order valence-electron chi connectivity index (χ3n) is 3.22. The van der Waals surface area contributed by atoms with Crippen LogP contribution in [0.5, 0.6) is 0 Å². The summed E-state index contributed by atoms with van der Waals surface area (Å²) in [6.45, 7) is 3.32. The van der Waals surface area contributed by atoms with Crippen molar-refractivity contribution in [2.75, 3.05) is 18.8 Å². The van der Waals surface area contributed by atoms with Crippen LogP contribution in [0.15, 0.2) is 5.38 Å². The summed E-state index contributed by atoms with van der Waals surface area (Å²) in [4.78, 5) is 4.31. The van der Waals surface area contributed by atoms with Crippen LogP contribution in [0.1, 0.15) is 36.4 Å². The van der Waals surface area contributed by atoms with Gasteiger partial charge in [0.15, 0.2) is 0 Å². The van der Waals surface area contributed by atoms with Crippen molar-refractivity contribution >= 4 is 21.4 Å². The number of nitrogens with one attached hydrogen (secondary N) is 2. The smallest absolute Gasteiger partial charge is 0.211 e.